The summed E-state index contributed by atoms with van der Waals surface area (Å²) >= 11 is 6.15. The van der Waals surface area contributed by atoms with Crippen molar-refractivity contribution in [2.45, 2.75) is 0 Å². The minimum atomic E-state index is -0.387. The molecule has 2 aromatic rings. The molecule has 28 heavy (non-hydrogen) atoms. The van der Waals surface area contributed by atoms with Gasteiger partial charge in [0.25, 0.3) is 5.91 Å². The second-order valence-electron chi connectivity index (χ2n) is 5.45. The Morgan fingerprint density at radius 1 is 1.07 bits per heavy atom. The number of benzene rings is 2. The highest BCUT2D eigenvalue weighted by Gasteiger charge is 2.10. The van der Waals surface area contributed by atoms with Gasteiger partial charge in [0, 0.05) is 5.56 Å². The van der Waals surface area contributed by atoms with E-state index >= 15 is 0 Å². The second-order valence-corrected chi connectivity index (χ2v) is 5.86. The van der Waals surface area contributed by atoms with E-state index in [-0.39, 0.29) is 5.91 Å². The molecule has 0 saturated carbocycles. The molecule has 0 aliphatic heterocycles. The Balaban J connectivity index is 2.02. The van der Waals surface area contributed by atoms with Gasteiger partial charge in [-0.3, -0.25) is 4.79 Å². The molecule has 1 amide bonds. The van der Waals surface area contributed by atoms with Crippen LogP contribution in [0.3, 0.4) is 0 Å². The second kappa shape index (κ2) is 10.8. The van der Waals surface area contributed by atoms with Crippen molar-refractivity contribution in [3.8, 4) is 17.2 Å². The van der Waals surface area contributed by atoms with Gasteiger partial charge in [-0.2, -0.15) is 5.10 Å². The maximum Gasteiger partial charge on any atom is 0.271 e. The van der Waals surface area contributed by atoms with Gasteiger partial charge in [-0.25, -0.2) is 5.43 Å². The van der Waals surface area contributed by atoms with Gasteiger partial charge in [0.05, 0.1) is 18.3 Å². The number of nitrogens with zero attached hydrogens (tertiary/aromatic N) is 1. The molecule has 0 saturated heterocycles. The predicted octanol–water partition coefficient (Wildman–Crippen LogP) is 4.24. The van der Waals surface area contributed by atoms with Crippen molar-refractivity contribution in [1.29, 1.82) is 0 Å². The summed E-state index contributed by atoms with van der Waals surface area (Å²) in [6.07, 6.45) is 4.74. The van der Waals surface area contributed by atoms with E-state index in [9.17, 15) is 4.79 Å². The SMILES string of the molecule is C=CCOc1ccc(/C=N/NC(=O)c2ccc(OCC=C)c(OC)c2)cc1Cl. The highest BCUT2D eigenvalue weighted by molar-refractivity contribution is 6.32. The molecule has 0 aromatic heterocycles. The zero-order valence-corrected chi connectivity index (χ0v) is 16.2. The molecule has 0 unspecified atom stereocenters. The molecule has 6 nitrogen and oxygen atoms in total. The van der Waals surface area contributed by atoms with Gasteiger partial charge in [-0.05, 0) is 42.0 Å². The van der Waals surface area contributed by atoms with Crippen LogP contribution in [0.4, 0.5) is 0 Å². The van der Waals surface area contributed by atoms with E-state index in [0.29, 0.717) is 46.6 Å². The van der Waals surface area contributed by atoms with Gasteiger partial charge in [0.1, 0.15) is 19.0 Å². The number of carbonyl (C=O) groups excluding carboxylic acids is 1. The first-order chi connectivity index (χ1) is 13.6. The Labute approximate surface area is 169 Å². The summed E-state index contributed by atoms with van der Waals surface area (Å²) < 4.78 is 16.1. The summed E-state index contributed by atoms with van der Waals surface area (Å²) in [6.45, 7) is 7.88. The van der Waals surface area contributed by atoms with E-state index in [1.54, 1.807) is 48.6 Å². The molecule has 0 heterocycles. The number of hydrogen-bond donors (Lipinski definition) is 1. The number of amides is 1. The molecule has 0 spiro atoms. The maximum atomic E-state index is 12.3. The molecule has 2 aromatic carbocycles. The minimum Gasteiger partial charge on any atom is -0.493 e. The van der Waals surface area contributed by atoms with E-state index < -0.39 is 0 Å². The molecule has 2 rings (SSSR count). The molecule has 0 atom stereocenters. The lowest BCUT2D eigenvalue weighted by Gasteiger charge is -2.10. The lowest BCUT2D eigenvalue weighted by molar-refractivity contribution is 0.0954. The third-order valence-electron chi connectivity index (χ3n) is 3.47. The lowest BCUT2D eigenvalue weighted by Crippen LogP contribution is -2.17. The zero-order valence-electron chi connectivity index (χ0n) is 15.5. The Hall–Kier alpha value is -3.25. The van der Waals surface area contributed by atoms with Crippen molar-refractivity contribution < 1.29 is 19.0 Å². The van der Waals surface area contributed by atoms with Gasteiger partial charge >= 0.3 is 0 Å². The lowest BCUT2D eigenvalue weighted by atomic mass is 10.2. The van der Waals surface area contributed by atoms with Crippen molar-refractivity contribution in [1.82, 2.24) is 5.43 Å². The van der Waals surface area contributed by atoms with Gasteiger partial charge in [-0.15, -0.1) is 0 Å². The minimum absolute atomic E-state index is 0.339. The summed E-state index contributed by atoms with van der Waals surface area (Å²) in [5, 5.41) is 4.39. The molecule has 146 valence electrons. The van der Waals surface area contributed by atoms with E-state index in [2.05, 4.69) is 23.7 Å². The third-order valence-corrected chi connectivity index (χ3v) is 3.77. The number of rotatable bonds is 10. The van der Waals surface area contributed by atoms with Gasteiger partial charge in [0.15, 0.2) is 11.5 Å². The van der Waals surface area contributed by atoms with Crippen molar-refractivity contribution in [3.63, 3.8) is 0 Å². The number of methoxy groups -OCH3 is 1. The average Bonchev–Trinajstić information content (AvgIpc) is 2.71. The molecule has 7 heteroatoms. The van der Waals surface area contributed by atoms with Crippen molar-refractivity contribution in [2.24, 2.45) is 5.10 Å². The third kappa shape index (κ3) is 5.89. The van der Waals surface area contributed by atoms with E-state index in [1.807, 2.05) is 0 Å². The van der Waals surface area contributed by atoms with E-state index in [1.165, 1.54) is 13.3 Å². The number of ether oxygens (including phenoxy) is 3. The van der Waals surface area contributed by atoms with Crippen LogP contribution in [0.15, 0.2) is 66.8 Å². The molecule has 1 N–H and O–H groups in total. The van der Waals surface area contributed by atoms with Gasteiger partial charge in [0.2, 0.25) is 0 Å². The Bertz CT molecular complexity index is 881. The highest BCUT2D eigenvalue weighted by atomic mass is 35.5. The Morgan fingerprint density at radius 3 is 2.39 bits per heavy atom. The number of carbonyl (C=O) groups is 1. The summed E-state index contributed by atoms with van der Waals surface area (Å²) in [5.41, 5.74) is 3.55. The molecule has 0 radical (unpaired) electrons. The normalized spacial score (nSPS) is 10.4. The number of hydrazone groups is 1. The first-order valence-electron chi connectivity index (χ1n) is 8.37. The van der Waals surface area contributed by atoms with Crippen LogP contribution < -0.4 is 19.6 Å². The molecule has 0 fully saturated rings. The van der Waals surface area contributed by atoms with Crippen molar-refractivity contribution >= 4 is 23.7 Å². The van der Waals surface area contributed by atoms with Crippen LogP contribution in [-0.2, 0) is 0 Å². The molecule has 0 bridgehead atoms. The van der Waals surface area contributed by atoms with Crippen LogP contribution in [0.1, 0.15) is 15.9 Å². The zero-order chi connectivity index (χ0) is 20.4. The highest BCUT2D eigenvalue weighted by Crippen LogP contribution is 2.28. The first-order valence-corrected chi connectivity index (χ1v) is 8.75. The van der Waals surface area contributed by atoms with E-state index in [4.69, 9.17) is 25.8 Å². The topological polar surface area (TPSA) is 69.2 Å². The average molecular weight is 401 g/mol. The van der Waals surface area contributed by atoms with Crippen LogP contribution in [0.2, 0.25) is 5.02 Å². The fraction of sp³-hybridized carbons (Fsp3) is 0.143. The Morgan fingerprint density at radius 2 is 1.75 bits per heavy atom. The smallest absolute Gasteiger partial charge is 0.271 e. The molecule has 0 aliphatic rings. The van der Waals surface area contributed by atoms with Gasteiger partial charge in [-0.1, -0.05) is 36.9 Å². The quantitative estimate of drug-likeness (QED) is 0.368. The molecular weight excluding hydrogens is 380 g/mol. The fourth-order valence-electron chi connectivity index (χ4n) is 2.17. The largest absolute Gasteiger partial charge is 0.493 e. The van der Waals surface area contributed by atoms with Crippen LogP contribution in [-0.4, -0.2) is 32.4 Å². The number of hydrogen-bond acceptors (Lipinski definition) is 5. The monoisotopic (exact) mass is 400 g/mol. The molecule has 0 aliphatic carbocycles. The van der Waals surface area contributed by atoms with Crippen molar-refractivity contribution in [2.75, 3.05) is 20.3 Å². The fourth-order valence-corrected chi connectivity index (χ4v) is 2.41. The molecular formula is C21H21ClN2O4. The van der Waals surface area contributed by atoms with Crippen LogP contribution >= 0.6 is 11.6 Å². The van der Waals surface area contributed by atoms with Crippen LogP contribution in [0.5, 0.6) is 17.2 Å². The standard InChI is InChI=1S/C21H21ClN2O4/c1-4-10-27-18-8-6-15(12-17(18)22)14-23-24-21(25)16-7-9-19(28-11-5-2)20(13-16)26-3/h4-9,12-14H,1-2,10-11H2,3H3,(H,24,25)/b23-14+. The summed E-state index contributed by atoms with van der Waals surface area (Å²) in [4.78, 5) is 12.3. The number of nitrogens with one attached hydrogen (secondary N) is 1. The van der Waals surface area contributed by atoms with Gasteiger partial charge < -0.3 is 14.2 Å². The Kier molecular flexibility index (Phi) is 8.11. The summed E-state index contributed by atoms with van der Waals surface area (Å²) in [7, 11) is 1.50. The predicted molar refractivity (Wildman–Crippen MR) is 111 cm³/mol. The van der Waals surface area contributed by atoms with Crippen LogP contribution in [0.25, 0.3) is 0 Å². The summed E-state index contributed by atoms with van der Waals surface area (Å²) in [5.74, 6) is 1.13. The van der Waals surface area contributed by atoms with Crippen molar-refractivity contribution in [3.05, 3.63) is 77.9 Å². The van der Waals surface area contributed by atoms with E-state index in [0.717, 1.165) is 0 Å². The van der Waals surface area contributed by atoms with Crippen LogP contribution in [0, 0.1) is 0 Å². The summed E-state index contributed by atoms with van der Waals surface area (Å²) in [6, 6.07) is 10.0. The number of halogens is 1. The maximum absolute atomic E-state index is 12.3. The first kappa shape index (κ1) is 21.1.